The summed E-state index contributed by atoms with van der Waals surface area (Å²) in [6.07, 6.45) is 0. The lowest BCUT2D eigenvalue weighted by Gasteiger charge is -2.29. The van der Waals surface area contributed by atoms with Crippen molar-refractivity contribution >= 4 is 29.2 Å². The van der Waals surface area contributed by atoms with Crippen molar-refractivity contribution in [2.75, 3.05) is 37.2 Å². The number of aryl methyl sites for hydroxylation is 1. The molecule has 0 bridgehead atoms. The quantitative estimate of drug-likeness (QED) is 0.466. The highest BCUT2D eigenvalue weighted by Crippen LogP contribution is 2.17. The number of nitrogens with one attached hydrogen (secondary N) is 3. The van der Waals surface area contributed by atoms with Crippen molar-refractivity contribution < 1.29 is 9.80 Å². The van der Waals surface area contributed by atoms with Crippen LogP contribution in [0.25, 0.3) is 0 Å². The van der Waals surface area contributed by atoms with Crippen LogP contribution in [0, 0.1) is 6.92 Å². The summed E-state index contributed by atoms with van der Waals surface area (Å²) < 4.78 is 0. The first kappa shape index (κ1) is 20.5. The van der Waals surface area contributed by atoms with Crippen LogP contribution in [0.4, 0.5) is 17.6 Å². The predicted octanol–water partition coefficient (Wildman–Crippen LogP) is 0.643. The van der Waals surface area contributed by atoms with Gasteiger partial charge in [-0.05, 0) is 30.7 Å². The van der Waals surface area contributed by atoms with Crippen molar-refractivity contribution in [1.82, 2.24) is 15.0 Å². The predicted molar refractivity (Wildman–Crippen MR) is 119 cm³/mol. The Bertz CT molecular complexity index is 985. The van der Waals surface area contributed by atoms with Gasteiger partial charge in [0.1, 0.15) is 39.3 Å². The van der Waals surface area contributed by atoms with Gasteiger partial charge in [-0.2, -0.15) is 15.0 Å². The summed E-state index contributed by atoms with van der Waals surface area (Å²) >= 11 is 5.99. The molecule has 0 aliphatic carbocycles. The minimum Gasteiger partial charge on any atom is -0.368 e. The standard InChI is InChI=1S/C22H26ClN7/c1-16-4-2-3-5-19(16)25-22-27-20(26-21(24)28-22)15-30-12-10-29(11-13-30)14-17-6-8-18(23)9-7-17/h2-9H,10-15H2,1H3,(H3,24,25,26,27,28)/p+2. The van der Waals surface area contributed by atoms with Crippen molar-refractivity contribution in [1.29, 1.82) is 0 Å². The molecule has 0 atom stereocenters. The van der Waals surface area contributed by atoms with Crippen LogP contribution in [-0.4, -0.2) is 41.1 Å². The number of para-hydroxylation sites is 1. The van der Waals surface area contributed by atoms with E-state index in [9.17, 15) is 0 Å². The van der Waals surface area contributed by atoms with Crippen LogP contribution in [0.2, 0.25) is 5.02 Å². The fourth-order valence-corrected chi connectivity index (χ4v) is 3.96. The van der Waals surface area contributed by atoms with Gasteiger partial charge in [-0.3, -0.25) is 0 Å². The molecule has 2 heterocycles. The molecule has 5 N–H and O–H groups in total. The van der Waals surface area contributed by atoms with Gasteiger partial charge in [0.2, 0.25) is 11.9 Å². The maximum Gasteiger partial charge on any atom is 0.232 e. The van der Waals surface area contributed by atoms with Crippen molar-refractivity contribution in [2.24, 2.45) is 0 Å². The van der Waals surface area contributed by atoms with Crippen molar-refractivity contribution in [2.45, 2.75) is 20.0 Å². The molecule has 0 spiro atoms. The molecule has 156 valence electrons. The van der Waals surface area contributed by atoms with E-state index in [0.717, 1.165) is 61.4 Å². The molecule has 8 heteroatoms. The Morgan fingerprint density at radius 2 is 1.57 bits per heavy atom. The first-order chi connectivity index (χ1) is 14.5. The molecule has 1 aromatic heterocycles. The van der Waals surface area contributed by atoms with Crippen LogP contribution < -0.4 is 20.9 Å². The second-order valence-electron chi connectivity index (χ2n) is 7.85. The van der Waals surface area contributed by atoms with Crippen LogP contribution in [-0.2, 0) is 13.1 Å². The van der Waals surface area contributed by atoms with Crippen LogP contribution >= 0.6 is 11.6 Å². The average molecular weight is 426 g/mol. The van der Waals surface area contributed by atoms with Crippen molar-refractivity contribution in [3.63, 3.8) is 0 Å². The van der Waals surface area contributed by atoms with E-state index >= 15 is 0 Å². The molecule has 1 saturated heterocycles. The van der Waals surface area contributed by atoms with Crippen LogP contribution in [0.1, 0.15) is 17.0 Å². The third kappa shape index (κ3) is 5.44. The number of nitrogen functional groups attached to an aromatic ring is 1. The zero-order chi connectivity index (χ0) is 20.9. The van der Waals surface area contributed by atoms with E-state index in [1.165, 1.54) is 10.5 Å². The molecule has 7 nitrogen and oxygen atoms in total. The summed E-state index contributed by atoms with van der Waals surface area (Å²) in [6.45, 7) is 8.23. The highest BCUT2D eigenvalue weighted by atomic mass is 35.5. The molecule has 1 aliphatic rings. The molecule has 30 heavy (non-hydrogen) atoms. The monoisotopic (exact) mass is 425 g/mol. The van der Waals surface area contributed by atoms with Gasteiger partial charge < -0.3 is 20.9 Å². The second kappa shape index (κ2) is 9.38. The summed E-state index contributed by atoms with van der Waals surface area (Å²) in [6, 6.07) is 16.2. The van der Waals surface area contributed by atoms with Gasteiger partial charge in [0, 0.05) is 16.3 Å². The minimum absolute atomic E-state index is 0.252. The largest absolute Gasteiger partial charge is 0.368 e. The fourth-order valence-electron chi connectivity index (χ4n) is 3.83. The molecule has 2 aromatic carbocycles. The third-order valence-corrected chi connectivity index (χ3v) is 5.78. The van der Waals surface area contributed by atoms with Crippen molar-refractivity contribution in [3.8, 4) is 0 Å². The number of anilines is 3. The summed E-state index contributed by atoms with van der Waals surface area (Å²) in [7, 11) is 0. The highest BCUT2D eigenvalue weighted by Gasteiger charge is 2.24. The van der Waals surface area contributed by atoms with Gasteiger partial charge in [0.25, 0.3) is 0 Å². The van der Waals surface area contributed by atoms with Gasteiger partial charge in [-0.15, -0.1) is 0 Å². The lowest BCUT2D eigenvalue weighted by Crippen LogP contribution is -3.27. The number of aromatic nitrogens is 3. The first-order valence-electron chi connectivity index (χ1n) is 10.3. The van der Waals surface area contributed by atoms with Gasteiger partial charge in [0.05, 0.1) is 0 Å². The molecule has 1 fully saturated rings. The summed E-state index contributed by atoms with van der Waals surface area (Å²) in [4.78, 5) is 16.3. The maximum atomic E-state index is 5.99. The van der Waals surface area contributed by atoms with E-state index < -0.39 is 0 Å². The number of rotatable bonds is 6. The van der Waals surface area contributed by atoms with E-state index in [0.29, 0.717) is 5.95 Å². The molecule has 3 aromatic rings. The fraction of sp³-hybridized carbons (Fsp3) is 0.318. The Balaban J connectivity index is 1.34. The van der Waals surface area contributed by atoms with Crippen molar-refractivity contribution in [3.05, 3.63) is 70.5 Å². The summed E-state index contributed by atoms with van der Waals surface area (Å²) in [5.74, 6) is 1.48. The number of nitrogens with zero attached hydrogens (tertiary/aromatic N) is 3. The highest BCUT2D eigenvalue weighted by molar-refractivity contribution is 6.30. The normalized spacial score (nSPS) is 18.9. The molecule has 0 amide bonds. The van der Waals surface area contributed by atoms with E-state index in [2.05, 4.69) is 32.4 Å². The second-order valence-corrected chi connectivity index (χ2v) is 8.29. The number of halogens is 1. The number of piperazine rings is 1. The topological polar surface area (TPSA) is 85.6 Å². The van der Waals surface area contributed by atoms with E-state index in [1.807, 2.05) is 43.3 Å². The number of nitrogens with two attached hydrogens (primary N) is 1. The number of quaternary nitrogens is 2. The molecular weight excluding hydrogens is 398 g/mol. The van der Waals surface area contributed by atoms with Crippen LogP contribution in [0.3, 0.4) is 0 Å². The van der Waals surface area contributed by atoms with E-state index in [4.69, 9.17) is 17.3 Å². The lowest BCUT2D eigenvalue weighted by molar-refractivity contribution is -1.02. The molecule has 0 unspecified atom stereocenters. The SMILES string of the molecule is Cc1ccccc1Nc1nc(N)nc(C[NH+]2CC[NH+](Cc3ccc(Cl)cc3)CC2)n1. The number of hydrogen-bond donors (Lipinski definition) is 4. The van der Waals surface area contributed by atoms with Crippen LogP contribution in [0.15, 0.2) is 48.5 Å². The summed E-state index contributed by atoms with van der Waals surface area (Å²) in [5, 5.41) is 4.05. The first-order valence-corrected chi connectivity index (χ1v) is 10.7. The lowest BCUT2D eigenvalue weighted by atomic mass is 10.2. The Morgan fingerprint density at radius 1 is 0.900 bits per heavy atom. The molecule has 4 rings (SSSR count). The number of hydrogen-bond acceptors (Lipinski definition) is 5. The summed E-state index contributed by atoms with van der Waals surface area (Å²) in [5.41, 5.74) is 9.38. The van der Waals surface area contributed by atoms with Gasteiger partial charge in [-0.25, -0.2) is 0 Å². The zero-order valence-corrected chi connectivity index (χ0v) is 17.9. The Morgan fingerprint density at radius 3 is 2.27 bits per heavy atom. The van der Waals surface area contributed by atoms with Gasteiger partial charge in [-0.1, -0.05) is 41.9 Å². The zero-order valence-electron chi connectivity index (χ0n) is 17.2. The smallest absolute Gasteiger partial charge is 0.232 e. The Kier molecular flexibility index (Phi) is 6.42. The molecule has 0 saturated carbocycles. The molecule has 1 aliphatic heterocycles. The Labute approximate surface area is 181 Å². The Hall–Kier alpha value is -2.74. The molecule has 0 radical (unpaired) electrons. The van der Waals surface area contributed by atoms with Crippen LogP contribution in [0.5, 0.6) is 0 Å². The van der Waals surface area contributed by atoms with E-state index in [1.54, 1.807) is 4.90 Å². The average Bonchev–Trinajstić information content (AvgIpc) is 2.72. The van der Waals surface area contributed by atoms with E-state index in [-0.39, 0.29) is 5.95 Å². The third-order valence-electron chi connectivity index (χ3n) is 5.53. The molecular formula is C22H28ClN7+2. The number of benzene rings is 2. The van der Waals surface area contributed by atoms with Gasteiger partial charge >= 0.3 is 0 Å². The van der Waals surface area contributed by atoms with Gasteiger partial charge in [0.15, 0.2) is 5.82 Å². The maximum absolute atomic E-state index is 5.99. The minimum atomic E-state index is 0.252.